The molecule has 3 nitrogen and oxygen atoms in total. The number of fused-ring (bicyclic) bond motifs is 1. The van der Waals surface area contributed by atoms with Gasteiger partial charge in [0.05, 0.1) is 15.2 Å². The molecule has 0 unspecified atom stereocenters. The average molecular weight is 387 g/mol. The Labute approximate surface area is 169 Å². The molecule has 1 amide bonds. The quantitative estimate of drug-likeness (QED) is 0.476. The van der Waals surface area contributed by atoms with Crippen molar-refractivity contribution in [3.63, 3.8) is 0 Å². The Hall–Kier alpha value is -2.98. The van der Waals surface area contributed by atoms with E-state index >= 15 is 0 Å². The SMILES string of the molecule is O=C(CCc1nc2ccccc2s1)NCC(c1ccccc1)c1ccccc1. The first-order valence-electron chi connectivity index (χ1n) is 9.50. The summed E-state index contributed by atoms with van der Waals surface area (Å²) < 4.78 is 1.17. The van der Waals surface area contributed by atoms with E-state index in [1.54, 1.807) is 11.3 Å². The Kier molecular flexibility index (Phi) is 5.78. The summed E-state index contributed by atoms with van der Waals surface area (Å²) in [5.74, 6) is 0.213. The van der Waals surface area contributed by atoms with Gasteiger partial charge < -0.3 is 5.32 Å². The van der Waals surface area contributed by atoms with Gasteiger partial charge in [-0.3, -0.25) is 4.79 Å². The van der Waals surface area contributed by atoms with Crippen molar-refractivity contribution in [2.45, 2.75) is 18.8 Å². The van der Waals surface area contributed by atoms with E-state index in [2.05, 4.69) is 40.6 Å². The number of nitrogens with one attached hydrogen (secondary N) is 1. The van der Waals surface area contributed by atoms with E-state index in [0.717, 1.165) is 10.5 Å². The van der Waals surface area contributed by atoms with Crippen LogP contribution in [0.4, 0.5) is 0 Å². The highest BCUT2D eigenvalue weighted by atomic mass is 32.1. The molecule has 3 aromatic carbocycles. The van der Waals surface area contributed by atoms with Gasteiger partial charge in [0.2, 0.25) is 5.91 Å². The van der Waals surface area contributed by atoms with Crippen LogP contribution in [0, 0.1) is 0 Å². The van der Waals surface area contributed by atoms with Crippen molar-refractivity contribution in [3.8, 4) is 0 Å². The second kappa shape index (κ2) is 8.81. The van der Waals surface area contributed by atoms with Crippen molar-refractivity contribution < 1.29 is 4.79 Å². The maximum Gasteiger partial charge on any atom is 0.220 e. The lowest BCUT2D eigenvalue weighted by Gasteiger charge is -2.18. The summed E-state index contributed by atoms with van der Waals surface area (Å²) in [5, 5.41) is 4.13. The molecule has 0 aliphatic rings. The molecule has 4 heteroatoms. The minimum atomic E-state index is 0.0659. The Morgan fingerprint density at radius 1 is 0.857 bits per heavy atom. The lowest BCUT2D eigenvalue weighted by Crippen LogP contribution is -2.29. The van der Waals surface area contributed by atoms with Gasteiger partial charge >= 0.3 is 0 Å². The van der Waals surface area contributed by atoms with Crippen LogP contribution in [-0.2, 0) is 11.2 Å². The molecule has 0 radical (unpaired) electrons. The van der Waals surface area contributed by atoms with E-state index in [4.69, 9.17) is 0 Å². The van der Waals surface area contributed by atoms with Crippen molar-refractivity contribution in [3.05, 3.63) is 101 Å². The van der Waals surface area contributed by atoms with Gasteiger partial charge in [0, 0.05) is 25.3 Å². The van der Waals surface area contributed by atoms with Crippen LogP contribution in [0.15, 0.2) is 84.9 Å². The number of carbonyl (C=O) groups is 1. The van der Waals surface area contributed by atoms with Gasteiger partial charge in [-0.2, -0.15) is 0 Å². The monoisotopic (exact) mass is 386 g/mol. The van der Waals surface area contributed by atoms with Crippen LogP contribution in [-0.4, -0.2) is 17.4 Å². The number of hydrogen-bond acceptors (Lipinski definition) is 3. The third-order valence-electron chi connectivity index (χ3n) is 4.81. The highest BCUT2D eigenvalue weighted by Crippen LogP contribution is 2.24. The van der Waals surface area contributed by atoms with Crippen LogP contribution >= 0.6 is 11.3 Å². The lowest BCUT2D eigenvalue weighted by molar-refractivity contribution is -0.121. The molecule has 4 rings (SSSR count). The van der Waals surface area contributed by atoms with Crippen LogP contribution in [0.25, 0.3) is 10.2 Å². The number of thiazole rings is 1. The number of aromatic nitrogens is 1. The summed E-state index contributed by atoms with van der Waals surface area (Å²) in [5.41, 5.74) is 3.43. The molecule has 1 N–H and O–H groups in total. The fourth-order valence-electron chi connectivity index (χ4n) is 3.35. The van der Waals surface area contributed by atoms with Gasteiger partial charge in [-0.15, -0.1) is 11.3 Å². The number of para-hydroxylation sites is 1. The molecule has 1 heterocycles. The number of benzene rings is 3. The van der Waals surface area contributed by atoms with E-state index in [9.17, 15) is 4.79 Å². The first-order valence-corrected chi connectivity index (χ1v) is 10.3. The number of aryl methyl sites for hydroxylation is 1. The number of rotatable bonds is 7. The molecule has 0 saturated heterocycles. The maximum absolute atomic E-state index is 12.5. The van der Waals surface area contributed by atoms with Gasteiger partial charge in [0.15, 0.2) is 0 Å². The standard InChI is InChI=1S/C24H22N2OS/c27-23(15-16-24-26-21-13-7-8-14-22(21)28-24)25-17-20(18-9-3-1-4-10-18)19-11-5-2-6-12-19/h1-14,20H,15-17H2,(H,25,27). The highest BCUT2D eigenvalue weighted by molar-refractivity contribution is 7.18. The number of nitrogens with zero attached hydrogens (tertiary/aromatic N) is 1. The smallest absolute Gasteiger partial charge is 0.220 e. The van der Waals surface area contributed by atoms with Crippen LogP contribution in [0.5, 0.6) is 0 Å². The molecule has 1 aromatic heterocycles. The zero-order chi connectivity index (χ0) is 19.2. The van der Waals surface area contributed by atoms with Crippen molar-refractivity contribution in [1.29, 1.82) is 0 Å². The second-order valence-electron chi connectivity index (χ2n) is 6.75. The summed E-state index contributed by atoms with van der Waals surface area (Å²) in [6.45, 7) is 0.590. The minimum Gasteiger partial charge on any atom is -0.355 e. The number of amides is 1. The second-order valence-corrected chi connectivity index (χ2v) is 7.87. The van der Waals surface area contributed by atoms with E-state index < -0.39 is 0 Å². The molecule has 0 saturated carbocycles. The zero-order valence-electron chi connectivity index (χ0n) is 15.5. The maximum atomic E-state index is 12.5. The van der Waals surface area contributed by atoms with Gasteiger partial charge in [0.25, 0.3) is 0 Å². The van der Waals surface area contributed by atoms with Gasteiger partial charge in [0.1, 0.15) is 0 Å². The van der Waals surface area contributed by atoms with E-state index in [1.807, 2.05) is 54.6 Å². The Bertz CT molecular complexity index is 971. The molecule has 0 aliphatic heterocycles. The summed E-state index contributed by atoms with van der Waals surface area (Å²) in [6, 6.07) is 28.8. The average Bonchev–Trinajstić information content (AvgIpc) is 3.17. The molecule has 28 heavy (non-hydrogen) atoms. The normalized spacial score (nSPS) is 11.0. The summed E-state index contributed by atoms with van der Waals surface area (Å²) >= 11 is 1.67. The Morgan fingerprint density at radius 2 is 1.46 bits per heavy atom. The van der Waals surface area contributed by atoms with E-state index in [0.29, 0.717) is 19.4 Å². The van der Waals surface area contributed by atoms with Gasteiger partial charge in [-0.25, -0.2) is 4.98 Å². The predicted molar refractivity (Wildman–Crippen MR) is 116 cm³/mol. The fourth-order valence-corrected chi connectivity index (χ4v) is 4.32. The lowest BCUT2D eigenvalue weighted by atomic mass is 9.91. The Morgan fingerprint density at radius 3 is 2.11 bits per heavy atom. The van der Waals surface area contributed by atoms with Gasteiger partial charge in [-0.05, 0) is 23.3 Å². The largest absolute Gasteiger partial charge is 0.355 e. The summed E-state index contributed by atoms with van der Waals surface area (Å²) in [6.07, 6.45) is 1.13. The third-order valence-corrected chi connectivity index (χ3v) is 5.91. The topological polar surface area (TPSA) is 42.0 Å². The van der Waals surface area contributed by atoms with Crippen molar-refractivity contribution >= 4 is 27.5 Å². The fraction of sp³-hybridized carbons (Fsp3) is 0.167. The number of hydrogen-bond donors (Lipinski definition) is 1. The molecule has 0 spiro atoms. The predicted octanol–water partition coefficient (Wildman–Crippen LogP) is 5.18. The van der Waals surface area contributed by atoms with E-state index in [-0.39, 0.29) is 11.8 Å². The first kappa shape index (κ1) is 18.4. The molecule has 0 aliphatic carbocycles. The Balaban J connectivity index is 1.38. The minimum absolute atomic E-state index is 0.0659. The van der Waals surface area contributed by atoms with Crippen molar-refractivity contribution in [2.75, 3.05) is 6.54 Å². The first-order chi connectivity index (χ1) is 13.8. The molecular weight excluding hydrogens is 364 g/mol. The molecule has 140 valence electrons. The van der Waals surface area contributed by atoms with Crippen LogP contribution < -0.4 is 5.32 Å². The van der Waals surface area contributed by atoms with Crippen LogP contribution in [0.2, 0.25) is 0 Å². The highest BCUT2D eigenvalue weighted by Gasteiger charge is 2.15. The zero-order valence-corrected chi connectivity index (χ0v) is 16.4. The molecule has 0 bridgehead atoms. The number of carbonyl (C=O) groups excluding carboxylic acids is 1. The van der Waals surface area contributed by atoms with Crippen molar-refractivity contribution in [1.82, 2.24) is 10.3 Å². The summed E-state index contributed by atoms with van der Waals surface area (Å²) in [7, 11) is 0. The molecular formula is C24H22N2OS. The molecule has 0 atom stereocenters. The van der Waals surface area contributed by atoms with E-state index in [1.165, 1.54) is 15.8 Å². The summed E-state index contributed by atoms with van der Waals surface area (Å²) in [4.78, 5) is 17.1. The van der Waals surface area contributed by atoms with Crippen LogP contribution in [0.1, 0.15) is 28.5 Å². The van der Waals surface area contributed by atoms with Crippen molar-refractivity contribution in [2.24, 2.45) is 0 Å². The molecule has 4 aromatic rings. The van der Waals surface area contributed by atoms with Crippen LogP contribution in [0.3, 0.4) is 0 Å². The van der Waals surface area contributed by atoms with Gasteiger partial charge in [-0.1, -0.05) is 72.8 Å². The molecule has 0 fully saturated rings. The third kappa shape index (κ3) is 4.46.